The van der Waals surface area contributed by atoms with Crippen LogP contribution in [-0.2, 0) is 10.0 Å². The van der Waals surface area contributed by atoms with Crippen molar-refractivity contribution < 1.29 is 17.7 Å². The van der Waals surface area contributed by atoms with Crippen molar-refractivity contribution in [3.05, 3.63) is 82.7 Å². The summed E-state index contributed by atoms with van der Waals surface area (Å²) >= 11 is 0. The molecule has 160 valence electrons. The molecule has 0 spiro atoms. The van der Waals surface area contributed by atoms with Crippen LogP contribution in [0.4, 0.5) is 15.9 Å². The van der Waals surface area contributed by atoms with Crippen molar-refractivity contribution >= 4 is 21.5 Å². The van der Waals surface area contributed by atoms with Gasteiger partial charge in [-0.1, -0.05) is 36.4 Å². The quantitative estimate of drug-likeness (QED) is 0.444. The fourth-order valence-corrected chi connectivity index (χ4v) is 4.96. The normalized spacial score (nSPS) is 15.1. The number of halogens is 1. The second-order valence-electron chi connectivity index (χ2n) is 7.01. The van der Waals surface area contributed by atoms with E-state index < -0.39 is 20.8 Å². The van der Waals surface area contributed by atoms with Crippen LogP contribution in [0.15, 0.2) is 71.6 Å². The van der Waals surface area contributed by atoms with Gasteiger partial charge in [0, 0.05) is 37.8 Å². The van der Waals surface area contributed by atoms with Crippen LogP contribution >= 0.6 is 0 Å². The monoisotopic (exact) mass is 442 g/mol. The van der Waals surface area contributed by atoms with E-state index in [1.165, 1.54) is 28.6 Å². The van der Waals surface area contributed by atoms with Crippen LogP contribution in [0.2, 0.25) is 0 Å². The number of sulfonamides is 1. The first-order valence-electron chi connectivity index (χ1n) is 9.58. The van der Waals surface area contributed by atoms with E-state index in [4.69, 9.17) is 0 Å². The highest BCUT2D eigenvalue weighted by molar-refractivity contribution is 7.89. The van der Waals surface area contributed by atoms with E-state index in [1.807, 2.05) is 11.0 Å². The number of anilines is 1. The third-order valence-electron chi connectivity index (χ3n) is 5.10. The first kappa shape index (κ1) is 20.9. The SMILES string of the molecule is O=[N+]([O-])c1ccc(N2CCN(S(=O)(=O)c3cccc(F)c3)CC2)nc1-c1ccccc1. The highest BCUT2D eigenvalue weighted by atomic mass is 32.2. The number of piperazine rings is 1. The number of rotatable bonds is 5. The lowest BCUT2D eigenvalue weighted by Gasteiger charge is -2.34. The zero-order chi connectivity index (χ0) is 22.0. The summed E-state index contributed by atoms with van der Waals surface area (Å²) in [7, 11) is -3.80. The smallest absolute Gasteiger partial charge is 0.295 e. The zero-order valence-electron chi connectivity index (χ0n) is 16.4. The fourth-order valence-electron chi connectivity index (χ4n) is 3.51. The molecule has 0 aliphatic carbocycles. The minimum atomic E-state index is -3.80. The molecule has 0 bridgehead atoms. The van der Waals surface area contributed by atoms with Gasteiger partial charge in [-0.3, -0.25) is 10.1 Å². The molecule has 31 heavy (non-hydrogen) atoms. The Morgan fingerprint density at radius 2 is 1.65 bits per heavy atom. The van der Waals surface area contributed by atoms with Gasteiger partial charge < -0.3 is 4.90 Å². The molecule has 0 radical (unpaired) electrons. The number of hydrogen-bond acceptors (Lipinski definition) is 6. The predicted molar refractivity (Wildman–Crippen MR) is 114 cm³/mol. The van der Waals surface area contributed by atoms with Gasteiger partial charge in [-0.05, 0) is 24.3 Å². The molecule has 1 aromatic heterocycles. The van der Waals surface area contributed by atoms with Gasteiger partial charge in [0.1, 0.15) is 11.6 Å². The summed E-state index contributed by atoms with van der Waals surface area (Å²) in [5.74, 6) is -0.0736. The van der Waals surface area contributed by atoms with E-state index in [-0.39, 0.29) is 29.4 Å². The van der Waals surface area contributed by atoms with Crippen LogP contribution in [-0.4, -0.2) is 48.8 Å². The molecule has 1 fully saturated rings. The van der Waals surface area contributed by atoms with Crippen molar-refractivity contribution in [1.29, 1.82) is 0 Å². The van der Waals surface area contributed by atoms with Gasteiger partial charge >= 0.3 is 0 Å². The van der Waals surface area contributed by atoms with Crippen LogP contribution in [0.1, 0.15) is 0 Å². The fraction of sp³-hybridized carbons (Fsp3) is 0.190. The molecule has 1 aliphatic rings. The Balaban J connectivity index is 1.56. The Labute approximate surface area is 178 Å². The number of pyridine rings is 1. The minimum absolute atomic E-state index is 0.0826. The molecule has 10 heteroatoms. The second-order valence-corrected chi connectivity index (χ2v) is 8.95. The maximum Gasteiger partial charge on any atom is 0.295 e. The van der Waals surface area contributed by atoms with Gasteiger partial charge in [0.15, 0.2) is 5.69 Å². The van der Waals surface area contributed by atoms with E-state index in [0.717, 1.165) is 6.07 Å². The standard InChI is InChI=1S/C21H19FN4O4S/c22-17-7-4-8-18(15-17)31(29,30)25-13-11-24(12-14-25)20-10-9-19(26(27)28)21(23-20)16-5-2-1-3-6-16/h1-10,15H,11-14H2. The van der Waals surface area contributed by atoms with Crippen molar-refractivity contribution in [3.8, 4) is 11.3 Å². The maximum atomic E-state index is 13.5. The summed E-state index contributed by atoms with van der Waals surface area (Å²) in [5.41, 5.74) is 0.795. The molecule has 4 rings (SSSR count). The molecule has 1 aliphatic heterocycles. The summed E-state index contributed by atoms with van der Waals surface area (Å²) in [6, 6.07) is 16.8. The molecule has 0 atom stereocenters. The highest BCUT2D eigenvalue weighted by Crippen LogP contribution is 2.31. The zero-order valence-corrected chi connectivity index (χ0v) is 17.2. The van der Waals surface area contributed by atoms with Crippen LogP contribution in [0.3, 0.4) is 0 Å². The summed E-state index contributed by atoms with van der Waals surface area (Å²) < 4.78 is 40.4. The van der Waals surface area contributed by atoms with Gasteiger partial charge in [0.25, 0.3) is 5.69 Å². The van der Waals surface area contributed by atoms with E-state index in [9.17, 15) is 22.9 Å². The van der Waals surface area contributed by atoms with E-state index in [2.05, 4.69) is 4.98 Å². The largest absolute Gasteiger partial charge is 0.354 e. The minimum Gasteiger partial charge on any atom is -0.354 e. The van der Waals surface area contributed by atoms with Gasteiger partial charge in [-0.25, -0.2) is 17.8 Å². The van der Waals surface area contributed by atoms with Crippen molar-refractivity contribution in [2.45, 2.75) is 4.90 Å². The number of aromatic nitrogens is 1. The van der Waals surface area contributed by atoms with Gasteiger partial charge in [0.2, 0.25) is 10.0 Å². The Morgan fingerprint density at radius 1 is 0.935 bits per heavy atom. The summed E-state index contributed by atoms with van der Waals surface area (Å²) in [6.07, 6.45) is 0. The number of hydrogen-bond donors (Lipinski definition) is 0. The molecular formula is C21H19FN4O4S. The van der Waals surface area contributed by atoms with Crippen molar-refractivity contribution in [2.75, 3.05) is 31.1 Å². The average molecular weight is 442 g/mol. The predicted octanol–water partition coefficient (Wildman–Crippen LogP) is 3.31. The van der Waals surface area contributed by atoms with Crippen molar-refractivity contribution in [2.24, 2.45) is 0 Å². The lowest BCUT2D eigenvalue weighted by atomic mass is 10.1. The molecule has 8 nitrogen and oxygen atoms in total. The number of nitro groups is 1. The van der Waals surface area contributed by atoms with E-state index in [0.29, 0.717) is 24.5 Å². The topological polar surface area (TPSA) is 96.6 Å². The first-order valence-corrected chi connectivity index (χ1v) is 11.0. The summed E-state index contributed by atoms with van der Waals surface area (Å²) in [6.45, 7) is 1.09. The number of benzene rings is 2. The Morgan fingerprint density at radius 3 is 2.29 bits per heavy atom. The molecular weight excluding hydrogens is 423 g/mol. The Bertz CT molecular complexity index is 1210. The Hall–Kier alpha value is -3.37. The van der Waals surface area contributed by atoms with Crippen LogP contribution < -0.4 is 4.90 Å². The first-order chi connectivity index (χ1) is 14.9. The second kappa shape index (κ2) is 8.40. The van der Waals surface area contributed by atoms with Crippen LogP contribution in [0.5, 0.6) is 0 Å². The van der Waals surface area contributed by atoms with E-state index in [1.54, 1.807) is 30.3 Å². The molecule has 0 unspecified atom stereocenters. The summed E-state index contributed by atoms with van der Waals surface area (Å²) in [5, 5.41) is 11.4. The molecule has 0 N–H and O–H groups in total. The highest BCUT2D eigenvalue weighted by Gasteiger charge is 2.30. The third kappa shape index (κ3) is 4.25. The van der Waals surface area contributed by atoms with Crippen molar-refractivity contribution in [1.82, 2.24) is 9.29 Å². The van der Waals surface area contributed by atoms with Crippen molar-refractivity contribution in [3.63, 3.8) is 0 Å². The van der Waals surface area contributed by atoms with Crippen LogP contribution in [0, 0.1) is 15.9 Å². The maximum absolute atomic E-state index is 13.5. The Kier molecular flexibility index (Phi) is 5.66. The molecule has 0 amide bonds. The van der Waals surface area contributed by atoms with Gasteiger partial charge in [-0.15, -0.1) is 0 Å². The van der Waals surface area contributed by atoms with Crippen LogP contribution in [0.25, 0.3) is 11.3 Å². The molecule has 2 heterocycles. The number of nitrogens with zero attached hydrogens (tertiary/aromatic N) is 4. The molecule has 0 saturated carbocycles. The average Bonchev–Trinajstić information content (AvgIpc) is 2.79. The lowest BCUT2D eigenvalue weighted by molar-refractivity contribution is -0.384. The third-order valence-corrected chi connectivity index (χ3v) is 6.99. The summed E-state index contributed by atoms with van der Waals surface area (Å²) in [4.78, 5) is 17.3. The van der Waals surface area contributed by atoms with E-state index >= 15 is 0 Å². The van der Waals surface area contributed by atoms with Gasteiger partial charge in [-0.2, -0.15) is 4.31 Å². The van der Waals surface area contributed by atoms with Gasteiger partial charge in [0.05, 0.1) is 9.82 Å². The molecule has 3 aromatic rings. The molecule has 2 aromatic carbocycles. The molecule has 1 saturated heterocycles. The lowest BCUT2D eigenvalue weighted by Crippen LogP contribution is -2.48.